The van der Waals surface area contributed by atoms with Gasteiger partial charge in [-0.2, -0.15) is 13.2 Å². The maximum atomic E-state index is 12.8. The third kappa shape index (κ3) is 3.68. The van der Waals surface area contributed by atoms with Crippen LogP contribution in [0.5, 0.6) is 0 Å². The summed E-state index contributed by atoms with van der Waals surface area (Å²) in [6, 6.07) is 7.49. The molecule has 0 aliphatic carbocycles. The Labute approximate surface area is 117 Å². The number of hydrogen-bond donors (Lipinski definition) is 1. The van der Waals surface area contributed by atoms with E-state index in [-0.39, 0.29) is 23.6 Å². The van der Waals surface area contributed by atoms with E-state index < -0.39 is 16.7 Å². The largest absolute Gasteiger partial charge is 0.416 e. The summed E-state index contributed by atoms with van der Waals surface area (Å²) in [7, 11) is 0. The number of aromatic nitrogens is 1. The van der Waals surface area contributed by atoms with E-state index in [0.717, 1.165) is 12.1 Å². The van der Waals surface area contributed by atoms with Gasteiger partial charge in [-0.1, -0.05) is 18.2 Å². The number of anilines is 1. The number of nitrogens with zero attached hydrogens (tertiary/aromatic N) is 2. The molecule has 8 heteroatoms. The quantitative estimate of drug-likeness (QED) is 0.691. The van der Waals surface area contributed by atoms with E-state index in [1.165, 1.54) is 30.5 Å². The minimum absolute atomic E-state index is 0.0401. The molecule has 0 fully saturated rings. The van der Waals surface area contributed by atoms with Gasteiger partial charge in [-0.25, -0.2) is 4.98 Å². The molecule has 2 aromatic rings. The average Bonchev–Trinajstić information content (AvgIpc) is 2.45. The predicted molar refractivity (Wildman–Crippen MR) is 69.7 cm³/mol. The predicted octanol–water partition coefficient (Wildman–Crippen LogP) is 3.62. The van der Waals surface area contributed by atoms with Crippen molar-refractivity contribution in [3.8, 4) is 0 Å². The summed E-state index contributed by atoms with van der Waals surface area (Å²) in [6.07, 6.45) is -3.23. The van der Waals surface area contributed by atoms with Crippen molar-refractivity contribution in [3.63, 3.8) is 0 Å². The zero-order valence-corrected chi connectivity index (χ0v) is 10.6. The van der Waals surface area contributed by atoms with Crippen molar-refractivity contribution in [1.82, 2.24) is 4.98 Å². The fourth-order valence-corrected chi connectivity index (χ4v) is 1.77. The molecule has 21 heavy (non-hydrogen) atoms. The first-order valence-corrected chi connectivity index (χ1v) is 5.87. The van der Waals surface area contributed by atoms with E-state index in [1.54, 1.807) is 0 Å². The van der Waals surface area contributed by atoms with Crippen LogP contribution in [0.3, 0.4) is 0 Å². The van der Waals surface area contributed by atoms with Crippen molar-refractivity contribution in [3.05, 3.63) is 63.8 Å². The molecule has 5 nitrogen and oxygen atoms in total. The lowest BCUT2D eigenvalue weighted by atomic mass is 10.1. The molecular weight excluding hydrogens is 287 g/mol. The molecule has 0 saturated carbocycles. The summed E-state index contributed by atoms with van der Waals surface area (Å²) >= 11 is 0. The van der Waals surface area contributed by atoms with Crippen molar-refractivity contribution in [2.24, 2.45) is 0 Å². The molecule has 110 valence electrons. The van der Waals surface area contributed by atoms with Crippen molar-refractivity contribution < 1.29 is 18.1 Å². The van der Waals surface area contributed by atoms with Crippen LogP contribution in [0.2, 0.25) is 0 Å². The number of rotatable bonds is 4. The summed E-state index contributed by atoms with van der Waals surface area (Å²) < 4.78 is 38.4. The Bertz CT molecular complexity index is 659. The monoisotopic (exact) mass is 297 g/mol. The lowest BCUT2D eigenvalue weighted by molar-refractivity contribution is -0.384. The molecule has 2 rings (SSSR count). The molecule has 0 bridgehead atoms. The van der Waals surface area contributed by atoms with Crippen LogP contribution in [0.4, 0.5) is 24.7 Å². The fourth-order valence-electron chi connectivity index (χ4n) is 1.77. The first-order chi connectivity index (χ1) is 9.88. The van der Waals surface area contributed by atoms with Gasteiger partial charge in [0, 0.05) is 18.8 Å². The van der Waals surface area contributed by atoms with E-state index in [1.807, 2.05) is 0 Å². The van der Waals surface area contributed by atoms with E-state index in [2.05, 4.69) is 10.3 Å². The second-order valence-electron chi connectivity index (χ2n) is 4.16. The molecule has 1 heterocycles. The van der Waals surface area contributed by atoms with Crippen molar-refractivity contribution in [1.29, 1.82) is 0 Å². The van der Waals surface area contributed by atoms with Gasteiger partial charge in [0.25, 0.3) is 5.69 Å². The van der Waals surface area contributed by atoms with Crippen LogP contribution in [-0.2, 0) is 12.7 Å². The third-order valence-electron chi connectivity index (χ3n) is 2.74. The third-order valence-corrected chi connectivity index (χ3v) is 2.74. The number of nitrogens with one attached hydrogen (secondary N) is 1. The van der Waals surface area contributed by atoms with Crippen LogP contribution in [0.1, 0.15) is 11.1 Å². The Morgan fingerprint density at radius 1 is 1.24 bits per heavy atom. The minimum Gasteiger partial charge on any atom is -0.366 e. The zero-order valence-electron chi connectivity index (χ0n) is 10.6. The topological polar surface area (TPSA) is 68.1 Å². The van der Waals surface area contributed by atoms with E-state index >= 15 is 0 Å². The molecule has 0 aliphatic heterocycles. The molecule has 0 atom stereocenters. The highest BCUT2D eigenvalue weighted by Gasteiger charge is 2.32. The molecule has 1 N–H and O–H groups in total. The number of pyridine rings is 1. The Hall–Kier alpha value is -2.64. The number of alkyl halides is 3. The van der Waals surface area contributed by atoms with Crippen LogP contribution >= 0.6 is 0 Å². The van der Waals surface area contributed by atoms with Crippen molar-refractivity contribution in [2.75, 3.05) is 5.32 Å². The van der Waals surface area contributed by atoms with E-state index in [4.69, 9.17) is 0 Å². The maximum Gasteiger partial charge on any atom is 0.416 e. The van der Waals surface area contributed by atoms with Crippen LogP contribution in [0, 0.1) is 10.1 Å². The fraction of sp³-hybridized carbons (Fsp3) is 0.154. The van der Waals surface area contributed by atoms with Gasteiger partial charge >= 0.3 is 6.18 Å². The molecular formula is C13H10F3N3O2. The highest BCUT2D eigenvalue weighted by atomic mass is 19.4. The van der Waals surface area contributed by atoms with E-state index in [9.17, 15) is 23.3 Å². The van der Waals surface area contributed by atoms with Gasteiger partial charge < -0.3 is 5.32 Å². The van der Waals surface area contributed by atoms with Crippen molar-refractivity contribution in [2.45, 2.75) is 12.7 Å². The summed E-state index contributed by atoms with van der Waals surface area (Å²) in [5.74, 6) is 0.140. The number of benzene rings is 1. The normalized spacial score (nSPS) is 11.2. The summed E-state index contributed by atoms with van der Waals surface area (Å²) in [5.41, 5.74) is -0.891. The molecule has 0 unspecified atom stereocenters. The Morgan fingerprint density at radius 2 is 1.95 bits per heavy atom. The van der Waals surface area contributed by atoms with Gasteiger partial charge in [0.05, 0.1) is 16.6 Å². The highest BCUT2D eigenvalue weighted by molar-refractivity contribution is 5.45. The molecule has 1 aromatic heterocycles. The number of halogens is 3. The highest BCUT2D eigenvalue weighted by Crippen LogP contribution is 2.32. The molecule has 0 saturated heterocycles. The van der Waals surface area contributed by atoms with Gasteiger partial charge in [-0.15, -0.1) is 0 Å². The van der Waals surface area contributed by atoms with Crippen molar-refractivity contribution >= 4 is 11.5 Å². The second-order valence-corrected chi connectivity index (χ2v) is 4.16. The lowest BCUT2D eigenvalue weighted by Gasteiger charge is -2.13. The van der Waals surface area contributed by atoms with Gasteiger partial charge in [-0.05, 0) is 11.6 Å². The molecule has 1 aromatic carbocycles. The Morgan fingerprint density at radius 3 is 2.62 bits per heavy atom. The number of nitro groups is 1. The zero-order chi connectivity index (χ0) is 15.5. The van der Waals surface area contributed by atoms with Gasteiger partial charge in [0.2, 0.25) is 0 Å². The van der Waals surface area contributed by atoms with E-state index in [0.29, 0.717) is 0 Å². The molecule has 0 aliphatic rings. The summed E-state index contributed by atoms with van der Waals surface area (Å²) in [4.78, 5) is 13.8. The summed E-state index contributed by atoms with van der Waals surface area (Å²) in [5, 5.41) is 13.3. The van der Waals surface area contributed by atoms with Crippen LogP contribution in [-0.4, -0.2) is 9.91 Å². The minimum atomic E-state index is -4.45. The molecule has 0 radical (unpaired) electrons. The van der Waals surface area contributed by atoms with Crippen LogP contribution in [0.15, 0.2) is 42.6 Å². The summed E-state index contributed by atoms with van der Waals surface area (Å²) in [6.45, 7) is -0.135. The molecule has 0 amide bonds. The standard InChI is InChI=1S/C13H10F3N3O2/c14-13(15,16)11-4-2-1-3-9(11)8-18-12-7-10(19(20)21)5-6-17-12/h1-7H,8H2,(H,17,18). The number of hydrogen-bond acceptors (Lipinski definition) is 4. The molecule has 0 spiro atoms. The van der Waals surface area contributed by atoms with Gasteiger partial charge in [0.1, 0.15) is 5.82 Å². The van der Waals surface area contributed by atoms with Gasteiger partial charge in [0.15, 0.2) is 0 Å². The second kappa shape index (κ2) is 5.78. The Balaban J connectivity index is 2.17. The maximum absolute atomic E-state index is 12.8. The van der Waals surface area contributed by atoms with Crippen LogP contribution in [0.25, 0.3) is 0 Å². The Kier molecular flexibility index (Phi) is 4.06. The average molecular weight is 297 g/mol. The first kappa shape index (κ1) is 14.8. The smallest absolute Gasteiger partial charge is 0.366 e. The SMILES string of the molecule is O=[N+]([O-])c1ccnc(NCc2ccccc2C(F)(F)F)c1. The first-order valence-electron chi connectivity index (χ1n) is 5.87. The lowest BCUT2D eigenvalue weighted by Crippen LogP contribution is -2.12. The van der Waals surface area contributed by atoms with Crippen LogP contribution < -0.4 is 5.32 Å². The van der Waals surface area contributed by atoms with Gasteiger partial charge in [-0.3, -0.25) is 10.1 Å².